The van der Waals surface area contributed by atoms with Gasteiger partial charge in [-0.1, -0.05) is 29.8 Å². The summed E-state index contributed by atoms with van der Waals surface area (Å²) in [6.07, 6.45) is 4.22. The van der Waals surface area contributed by atoms with Gasteiger partial charge in [0.2, 0.25) is 0 Å². The summed E-state index contributed by atoms with van der Waals surface area (Å²) in [7, 11) is 0. The van der Waals surface area contributed by atoms with E-state index in [9.17, 15) is 4.79 Å². The van der Waals surface area contributed by atoms with Crippen molar-refractivity contribution in [3.8, 4) is 5.75 Å². The van der Waals surface area contributed by atoms with Gasteiger partial charge in [-0.15, -0.1) is 12.4 Å². The number of nitrogens with one attached hydrogen (secondary N) is 1. The number of fused-ring (bicyclic) bond motifs is 2. The molecular weight excluding hydrogens is 469 g/mol. The SMILES string of the molecule is Cl.Nc1c2c(nc3ccc(NC(=O)c4ccccc4COc4ccc(Cl)cc4)cc13)CCCC2. The third-order valence-corrected chi connectivity index (χ3v) is 6.29. The second-order valence-corrected chi connectivity index (χ2v) is 8.68. The van der Waals surface area contributed by atoms with Crippen molar-refractivity contribution in [1.82, 2.24) is 4.98 Å². The Hall–Kier alpha value is -3.28. The molecule has 1 aliphatic rings. The molecule has 4 aromatic rings. The fraction of sp³-hybridized carbons (Fsp3) is 0.185. The number of halogens is 2. The van der Waals surface area contributed by atoms with Gasteiger partial charge in [0.25, 0.3) is 5.91 Å². The van der Waals surface area contributed by atoms with Gasteiger partial charge in [-0.2, -0.15) is 0 Å². The fourth-order valence-electron chi connectivity index (χ4n) is 4.30. The maximum atomic E-state index is 13.1. The van der Waals surface area contributed by atoms with E-state index in [1.807, 2.05) is 36.4 Å². The van der Waals surface area contributed by atoms with Gasteiger partial charge >= 0.3 is 0 Å². The van der Waals surface area contributed by atoms with Crippen LogP contribution in [0.4, 0.5) is 11.4 Å². The third kappa shape index (κ3) is 4.96. The number of nitrogens with two attached hydrogens (primary N) is 1. The molecule has 0 saturated carbocycles. The molecule has 7 heteroatoms. The van der Waals surface area contributed by atoms with Gasteiger partial charge in [-0.05, 0) is 79.8 Å². The first kappa shape index (κ1) is 23.9. The first-order valence-corrected chi connectivity index (χ1v) is 11.4. The smallest absolute Gasteiger partial charge is 0.256 e. The number of ether oxygens (including phenoxy) is 1. The molecule has 1 amide bonds. The Kier molecular flexibility index (Phi) is 7.25. The third-order valence-electron chi connectivity index (χ3n) is 6.03. The number of rotatable bonds is 5. The Bertz CT molecular complexity index is 1340. The maximum Gasteiger partial charge on any atom is 0.256 e. The predicted molar refractivity (Wildman–Crippen MR) is 140 cm³/mol. The zero-order chi connectivity index (χ0) is 22.8. The number of pyridine rings is 1. The minimum absolute atomic E-state index is 0. The maximum absolute atomic E-state index is 13.1. The second kappa shape index (κ2) is 10.3. The molecule has 3 N–H and O–H groups in total. The number of carbonyl (C=O) groups is 1. The molecule has 34 heavy (non-hydrogen) atoms. The minimum Gasteiger partial charge on any atom is -0.489 e. The van der Waals surface area contributed by atoms with Gasteiger partial charge < -0.3 is 15.8 Å². The van der Waals surface area contributed by atoms with Gasteiger partial charge in [0, 0.05) is 38.6 Å². The van der Waals surface area contributed by atoms with Crippen LogP contribution in [0.1, 0.15) is 40.0 Å². The van der Waals surface area contributed by atoms with E-state index in [2.05, 4.69) is 5.32 Å². The number of anilines is 2. The summed E-state index contributed by atoms with van der Waals surface area (Å²) in [5.41, 5.74) is 12.4. The Morgan fingerprint density at radius 3 is 2.62 bits per heavy atom. The summed E-state index contributed by atoms with van der Waals surface area (Å²) in [6.45, 7) is 0.270. The standard InChI is InChI=1S/C27H24ClN3O2.ClH/c28-18-9-12-20(13-10-18)33-16-17-5-1-2-6-21(17)27(32)30-19-11-14-25-23(15-19)26(29)22-7-3-4-8-24(22)31-25;/h1-2,5-6,9-15H,3-4,7-8,16H2,(H2,29,31)(H,30,32);1H. The largest absolute Gasteiger partial charge is 0.489 e. The summed E-state index contributed by atoms with van der Waals surface area (Å²) >= 11 is 5.93. The molecule has 0 fully saturated rings. The van der Waals surface area contributed by atoms with Crippen molar-refractivity contribution < 1.29 is 9.53 Å². The van der Waals surface area contributed by atoms with Gasteiger partial charge in [-0.25, -0.2) is 0 Å². The Morgan fingerprint density at radius 2 is 1.79 bits per heavy atom. The second-order valence-electron chi connectivity index (χ2n) is 8.24. The highest BCUT2D eigenvalue weighted by Gasteiger charge is 2.17. The quantitative estimate of drug-likeness (QED) is 0.328. The number of nitrogens with zero attached hydrogens (tertiary/aromatic N) is 1. The van der Waals surface area contributed by atoms with Crippen LogP contribution in [0.2, 0.25) is 5.02 Å². The zero-order valence-corrected chi connectivity index (χ0v) is 20.1. The van der Waals surface area contributed by atoms with Gasteiger partial charge in [0.15, 0.2) is 0 Å². The van der Waals surface area contributed by atoms with Crippen LogP contribution in [0.25, 0.3) is 10.9 Å². The van der Waals surface area contributed by atoms with Crippen molar-refractivity contribution in [1.29, 1.82) is 0 Å². The molecule has 0 saturated heterocycles. The number of carbonyl (C=O) groups excluding carboxylic acids is 1. The predicted octanol–water partition coefficient (Wildman–Crippen LogP) is 6.60. The molecule has 0 radical (unpaired) electrons. The van der Waals surface area contributed by atoms with E-state index in [1.165, 1.54) is 0 Å². The molecular formula is C27H25Cl2N3O2. The van der Waals surface area contributed by atoms with Crippen LogP contribution in [0, 0.1) is 0 Å². The molecule has 1 aliphatic carbocycles. The van der Waals surface area contributed by atoms with E-state index in [-0.39, 0.29) is 24.9 Å². The Labute approximate surface area is 209 Å². The van der Waals surface area contributed by atoms with Gasteiger partial charge in [0.1, 0.15) is 12.4 Å². The first-order valence-electron chi connectivity index (χ1n) is 11.1. The lowest BCUT2D eigenvalue weighted by molar-refractivity contribution is 0.102. The highest BCUT2D eigenvalue weighted by Crippen LogP contribution is 2.32. The minimum atomic E-state index is -0.200. The lowest BCUT2D eigenvalue weighted by atomic mass is 9.93. The molecule has 1 heterocycles. The Balaban J connectivity index is 0.00000274. The van der Waals surface area contributed by atoms with Crippen molar-refractivity contribution in [2.75, 3.05) is 11.1 Å². The summed E-state index contributed by atoms with van der Waals surface area (Å²) in [6, 6.07) is 20.3. The first-order chi connectivity index (χ1) is 16.1. The number of aryl methyl sites for hydroxylation is 1. The zero-order valence-electron chi connectivity index (χ0n) is 18.5. The van der Waals surface area contributed by atoms with Crippen molar-refractivity contribution in [2.24, 2.45) is 0 Å². The van der Waals surface area contributed by atoms with Gasteiger partial charge in [-0.3, -0.25) is 9.78 Å². The molecule has 5 rings (SSSR count). The molecule has 0 bridgehead atoms. The number of benzene rings is 3. The van der Waals surface area contributed by atoms with E-state index in [4.69, 9.17) is 27.1 Å². The van der Waals surface area contributed by atoms with Crippen molar-refractivity contribution in [3.05, 3.63) is 94.1 Å². The molecule has 0 unspecified atom stereocenters. The van der Waals surface area contributed by atoms with Crippen molar-refractivity contribution in [2.45, 2.75) is 32.3 Å². The summed E-state index contributed by atoms with van der Waals surface area (Å²) in [5, 5.41) is 4.54. The van der Waals surface area contributed by atoms with Crippen LogP contribution in [0.15, 0.2) is 66.7 Å². The fourth-order valence-corrected chi connectivity index (χ4v) is 4.42. The average Bonchev–Trinajstić information content (AvgIpc) is 2.84. The number of aromatic nitrogens is 1. The summed E-state index contributed by atoms with van der Waals surface area (Å²) in [4.78, 5) is 17.9. The highest BCUT2D eigenvalue weighted by molar-refractivity contribution is 6.30. The monoisotopic (exact) mass is 493 g/mol. The van der Waals surface area contributed by atoms with Gasteiger partial charge in [0.05, 0.1) is 5.52 Å². The van der Waals surface area contributed by atoms with Crippen LogP contribution in [-0.2, 0) is 19.4 Å². The van der Waals surface area contributed by atoms with Crippen molar-refractivity contribution >= 4 is 52.2 Å². The van der Waals surface area contributed by atoms with Crippen LogP contribution in [0.3, 0.4) is 0 Å². The lowest BCUT2D eigenvalue weighted by Crippen LogP contribution is -2.15. The summed E-state index contributed by atoms with van der Waals surface area (Å²) < 4.78 is 5.85. The molecule has 0 atom stereocenters. The number of nitrogen functional groups attached to an aromatic ring is 1. The normalized spacial score (nSPS) is 12.5. The van der Waals surface area contributed by atoms with E-state index in [0.29, 0.717) is 22.0 Å². The van der Waals surface area contributed by atoms with E-state index < -0.39 is 0 Å². The van der Waals surface area contributed by atoms with Crippen LogP contribution >= 0.6 is 24.0 Å². The number of hydrogen-bond donors (Lipinski definition) is 2. The lowest BCUT2D eigenvalue weighted by Gasteiger charge is -2.19. The van der Waals surface area contributed by atoms with E-state index >= 15 is 0 Å². The van der Waals surface area contributed by atoms with Crippen LogP contribution in [-0.4, -0.2) is 10.9 Å². The summed E-state index contributed by atoms with van der Waals surface area (Å²) in [5.74, 6) is 0.490. The van der Waals surface area contributed by atoms with Crippen LogP contribution < -0.4 is 15.8 Å². The topological polar surface area (TPSA) is 77.2 Å². The molecule has 0 spiro atoms. The van der Waals surface area contributed by atoms with E-state index in [0.717, 1.165) is 59.1 Å². The molecule has 1 aromatic heterocycles. The molecule has 3 aromatic carbocycles. The molecule has 5 nitrogen and oxygen atoms in total. The average molecular weight is 494 g/mol. The van der Waals surface area contributed by atoms with Crippen molar-refractivity contribution in [3.63, 3.8) is 0 Å². The molecule has 0 aliphatic heterocycles. The molecule has 174 valence electrons. The van der Waals surface area contributed by atoms with Crippen LogP contribution in [0.5, 0.6) is 5.75 Å². The van der Waals surface area contributed by atoms with E-state index in [1.54, 1.807) is 30.3 Å². The number of amides is 1. The highest BCUT2D eigenvalue weighted by atomic mass is 35.5. The Morgan fingerprint density at radius 1 is 1.03 bits per heavy atom. The number of hydrogen-bond acceptors (Lipinski definition) is 4.